The number of benzene rings is 9. The van der Waals surface area contributed by atoms with Gasteiger partial charge in [-0.1, -0.05) is 146 Å². The Morgan fingerprint density at radius 2 is 0.982 bits per heavy atom. The van der Waals surface area contributed by atoms with Crippen LogP contribution in [-0.4, -0.2) is 4.57 Å². The number of hydrogen-bond donors (Lipinski definition) is 0. The normalized spacial score (nSPS) is 11.6. The number of rotatable bonds is 6. The number of anilines is 3. The van der Waals surface area contributed by atoms with Crippen molar-refractivity contribution in [1.29, 1.82) is 0 Å². The predicted molar refractivity (Wildman–Crippen MR) is 237 cm³/mol. The van der Waals surface area contributed by atoms with Gasteiger partial charge in [-0.25, -0.2) is 0 Å². The van der Waals surface area contributed by atoms with Gasteiger partial charge in [0.15, 0.2) is 0 Å². The molecular weight excluding hydrogens is 685 g/mol. The maximum Gasteiger partial charge on any atom is 0.0541 e. The summed E-state index contributed by atoms with van der Waals surface area (Å²) in [5.74, 6) is 0. The Balaban J connectivity index is 1.14. The van der Waals surface area contributed by atoms with Crippen molar-refractivity contribution >= 4 is 81.1 Å². The second-order valence-electron chi connectivity index (χ2n) is 14.1. The van der Waals surface area contributed by atoms with Crippen molar-refractivity contribution < 1.29 is 0 Å². The van der Waals surface area contributed by atoms with E-state index in [0.29, 0.717) is 0 Å². The van der Waals surface area contributed by atoms with Crippen LogP contribution in [0.25, 0.3) is 80.7 Å². The van der Waals surface area contributed by atoms with Crippen LogP contribution in [0.2, 0.25) is 0 Å². The van der Waals surface area contributed by atoms with E-state index in [1.807, 2.05) is 11.3 Å². The van der Waals surface area contributed by atoms with Gasteiger partial charge in [0.1, 0.15) is 0 Å². The topological polar surface area (TPSA) is 8.17 Å². The van der Waals surface area contributed by atoms with Gasteiger partial charge in [-0.05, 0) is 88.1 Å². The summed E-state index contributed by atoms with van der Waals surface area (Å²) < 4.78 is 5.01. The molecule has 0 amide bonds. The smallest absolute Gasteiger partial charge is 0.0541 e. The molecule has 3 heteroatoms. The number of nitrogens with zero attached hydrogens (tertiary/aromatic N) is 2. The van der Waals surface area contributed by atoms with Crippen LogP contribution >= 0.6 is 11.3 Å². The Morgan fingerprint density at radius 1 is 0.364 bits per heavy atom. The van der Waals surface area contributed by atoms with E-state index in [0.717, 1.165) is 22.7 Å². The number of thiophene rings is 1. The van der Waals surface area contributed by atoms with E-state index in [2.05, 4.69) is 216 Å². The fraction of sp³-hybridized carbons (Fsp3) is 0. The SMILES string of the molecule is c1ccc(-c2ccccc2N(c2cccc(-c3cc(-n4c5ccccc5c5ccccc54)cc4ccccc34)c2)c2ccc3c(c2)sc2ccccc23)cc1. The Bertz CT molecular complexity index is 3170. The monoisotopic (exact) mass is 718 g/mol. The third-order valence-corrected chi connectivity index (χ3v) is 12.1. The summed E-state index contributed by atoms with van der Waals surface area (Å²) in [4.78, 5) is 2.44. The molecule has 0 saturated carbocycles. The Kier molecular flexibility index (Phi) is 7.39. The predicted octanol–water partition coefficient (Wildman–Crippen LogP) is 15.1. The highest BCUT2D eigenvalue weighted by atomic mass is 32.1. The fourth-order valence-corrected chi connectivity index (χ4v) is 9.63. The van der Waals surface area contributed by atoms with Crippen LogP contribution in [0.4, 0.5) is 17.1 Å². The third kappa shape index (κ3) is 5.24. The molecule has 0 spiro atoms. The molecule has 55 heavy (non-hydrogen) atoms. The minimum absolute atomic E-state index is 1.10. The van der Waals surface area contributed by atoms with Crippen LogP contribution in [0.15, 0.2) is 206 Å². The van der Waals surface area contributed by atoms with E-state index in [1.165, 1.54) is 75.0 Å². The first-order valence-electron chi connectivity index (χ1n) is 18.8. The standard InChI is InChI=1S/C52H34N2S/c1-2-15-35(16-3-1)42-21-6-10-25-48(42)53(39-29-30-46-45-24-9-13-28-51(45)55-52(46)34-39)38-19-14-18-37(31-38)47-33-40(32-36-17-4-5-20-41(36)47)54-49-26-11-7-22-43(49)44-23-8-12-27-50(44)54/h1-34H. The molecule has 0 atom stereocenters. The first-order chi connectivity index (χ1) is 27.3. The van der Waals surface area contributed by atoms with Crippen LogP contribution < -0.4 is 4.90 Å². The minimum atomic E-state index is 1.10. The first-order valence-corrected chi connectivity index (χ1v) is 19.6. The summed E-state index contributed by atoms with van der Waals surface area (Å²) in [6, 6.07) is 75.3. The first kappa shape index (κ1) is 31.6. The van der Waals surface area contributed by atoms with Crippen LogP contribution in [0.3, 0.4) is 0 Å². The van der Waals surface area contributed by atoms with Crippen molar-refractivity contribution in [3.05, 3.63) is 206 Å². The van der Waals surface area contributed by atoms with E-state index < -0.39 is 0 Å². The van der Waals surface area contributed by atoms with Crippen molar-refractivity contribution in [2.24, 2.45) is 0 Å². The van der Waals surface area contributed by atoms with Gasteiger partial charge in [0.05, 0.1) is 16.7 Å². The molecule has 258 valence electrons. The second kappa shape index (κ2) is 12.9. The summed E-state index contributed by atoms with van der Waals surface area (Å²) in [6.45, 7) is 0. The van der Waals surface area contributed by atoms with Gasteiger partial charge in [0.2, 0.25) is 0 Å². The van der Waals surface area contributed by atoms with Crippen molar-refractivity contribution in [2.45, 2.75) is 0 Å². The number of hydrogen-bond acceptors (Lipinski definition) is 2. The Hall–Kier alpha value is -6.94. The number of para-hydroxylation sites is 3. The highest BCUT2D eigenvalue weighted by Crippen LogP contribution is 2.45. The summed E-state index contributed by atoms with van der Waals surface area (Å²) in [5.41, 5.74) is 11.7. The lowest BCUT2D eigenvalue weighted by Crippen LogP contribution is -2.11. The molecule has 0 saturated heterocycles. The van der Waals surface area contributed by atoms with Crippen LogP contribution in [0.5, 0.6) is 0 Å². The fourth-order valence-electron chi connectivity index (χ4n) is 8.49. The molecular formula is C52H34N2S. The number of fused-ring (bicyclic) bond motifs is 7. The van der Waals surface area contributed by atoms with Gasteiger partial charge in [-0.2, -0.15) is 0 Å². The summed E-state index contributed by atoms with van der Waals surface area (Å²) in [6.07, 6.45) is 0. The molecule has 2 aromatic heterocycles. The highest BCUT2D eigenvalue weighted by molar-refractivity contribution is 7.25. The zero-order chi connectivity index (χ0) is 36.3. The van der Waals surface area contributed by atoms with E-state index in [1.54, 1.807) is 0 Å². The van der Waals surface area contributed by atoms with Crippen molar-refractivity contribution in [3.8, 4) is 27.9 Å². The average molecular weight is 719 g/mol. The van der Waals surface area contributed by atoms with Crippen molar-refractivity contribution in [1.82, 2.24) is 4.57 Å². The van der Waals surface area contributed by atoms with Crippen molar-refractivity contribution in [2.75, 3.05) is 4.90 Å². The molecule has 0 N–H and O–H groups in total. The molecule has 0 fully saturated rings. The maximum absolute atomic E-state index is 2.44. The van der Waals surface area contributed by atoms with E-state index in [9.17, 15) is 0 Å². The third-order valence-electron chi connectivity index (χ3n) is 11.0. The van der Waals surface area contributed by atoms with Gasteiger partial charge in [-0.15, -0.1) is 11.3 Å². The summed E-state index contributed by atoms with van der Waals surface area (Å²) >= 11 is 1.86. The molecule has 0 radical (unpaired) electrons. The molecule has 2 nitrogen and oxygen atoms in total. The lowest BCUT2D eigenvalue weighted by molar-refractivity contribution is 1.19. The number of aromatic nitrogens is 1. The lowest BCUT2D eigenvalue weighted by atomic mass is 9.96. The molecule has 11 rings (SSSR count). The lowest BCUT2D eigenvalue weighted by Gasteiger charge is -2.28. The van der Waals surface area contributed by atoms with E-state index in [4.69, 9.17) is 0 Å². The Morgan fingerprint density at radius 3 is 1.80 bits per heavy atom. The zero-order valence-electron chi connectivity index (χ0n) is 29.9. The highest BCUT2D eigenvalue weighted by Gasteiger charge is 2.20. The van der Waals surface area contributed by atoms with E-state index >= 15 is 0 Å². The van der Waals surface area contributed by atoms with Gasteiger partial charge in [0, 0.05) is 53.6 Å². The molecule has 9 aromatic carbocycles. The largest absolute Gasteiger partial charge is 0.310 e. The van der Waals surface area contributed by atoms with Crippen LogP contribution in [0.1, 0.15) is 0 Å². The zero-order valence-corrected chi connectivity index (χ0v) is 30.7. The molecule has 0 bridgehead atoms. The van der Waals surface area contributed by atoms with Crippen LogP contribution in [0, 0.1) is 0 Å². The molecule has 0 aliphatic rings. The molecule has 0 unspecified atom stereocenters. The average Bonchev–Trinajstić information content (AvgIpc) is 3.79. The molecule has 11 aromatic rings. The summed E-state index contributed by atoms with van der Waals surface area (Å²) in [7, 11) is 0. The van der Waals surface area contributed by atoms with Crippen molar-refractivity contribution in [3.63, 3.8) is 0 Å². The van der Waals surface area contributed by atoms with E-state index in [-0.39, 0.29) is 0 Å². The second-order valence-corrected chi connectivity index (χ2v) is 15.2. The summed E-state index contributed by atoms with van der Waals surface area (Å²) in [5, 5.41) is 7.57. The van der Waals surface area contributed by atoms with Gasteiger partial charge in [0.25, 0.3) is 0 Å². The maximum atomic E-state index is 2.44. The molecule has 2 heterocycles. The molecule has 0 aliphatic heterocycles. The minimum Gasteiger partial charge on any atom is -0.310 e. The van der Waals surface area contributed by atoms with Gasteiger partial charge >= 0.3 is 0 Å². The Labute approximate surface area is 323 Å². The quantitative estimate of drug-likeness (QED) is 0.166. The van der Waals surface area contributed by atoms with Gasteiger partial charge in [-0.3, -0.25) is 0 Å². The molecule has 0 aliphatic carbocycles. The van der Waals surface area contributed by atoms with Crippen LogP contribution in [-0.2, 0) is 0 Å². The van der Waals surface area contributed by atoms with Gasteiger partial charge < -0.3 is 9.47 Å².